The van der Waals surface area contributed by atoms with Gasteiger partial charge in [-0.1, -0.05) is 0 Å². The van der Waals surface area contributed by atoms with Gasteiger partial charge >= 0.3 is 17.4 Å². The van der Waals surface area contributed by atoms with Crippen molar-refractivity contribution in [1.82, 2.24) is 0 Å². The summed E-state index contributed by atoms with van der Waals surface area (Å²) in [5, 5.41) is 0. The van der Waals surface area contributed by atoms with Crippen molar-refractivity contribution >= 4 is 23.7 Å². The van der Waals surface area contributed by atoms with Crippen molar-refractivity contribution in [2.75, 3.05) is 7.11 Å². The fourth-order valence-electron chi connectivity index (χ4n) is 1.74. The molecule has 0 radical (unpaired) electrons. The first-order chi connectivity index (χ1) is 11.3. The fourth-order valence-corrected chi connectivity index (χ4v) is 2.28. The van der Waals surface area contributed by atoms with E-state index >= 15 is 0 Å². The third-order valence-corrected chi connectivity index (χ3v) is 3.54. The normalized spacial score (nSPS) is 11.2. The van der Waals surface area contributed by atoms with Crippen molar-refractivity contribution in [2.45, 2.75) is 17.0 Å². The number of carbonyl (C=O) groups excluding carboxylic acids is 2. The largest absolute Gasteiger partial charge is 0.463 e. The van der Waals surface area contributed by atoms with Crippen molar-refractivity contribution < 1.29 is 36.7 Å². The van der Waals surface area contributed by atoms with E-state index in [0.29, 0.717) is 5.56 Å². The van der Waals surface area contributed by atoms with E-state index < -0.39 is 17.4 Å². The van der Waals surface area contributed by atoms with E-state index in [1.807, 2.05) is 0 Å². The predicted octanol–water partition coefficient (Wildman–Crippen LogP) is 4.04. The summed E-state index contributed by atoms with van der Waals surface area (Å²) >= 11 is -0.276. The molecule has 128 valence electrons. The van der Waals surface area contributed by atoms with Crippen molar-refractivity contribution in [3.05, 3.63) is 53.5 Å². The highest BCUT2D eigenvalue weighted by Crippen LogP contribution is 2.36. The Labute approximate surface area is 138 Å². The van der Waals surface area contributed by atoms with Crippen LogP contribution in [-0.4, -0.2) is 24.6 Å². The molecule has 0 atom stereocenters. The number of halogens is 3. The number of thioether (sulfide) groups is 1. The summed E-state index contributed by atoms with van der Waals surface area (Å²) in [5.74, 6) is -1.53. The first kappa shape index (κ1) is 17.9. The van der Waals surface area contributed by atoms with Crippen LogP contribution in [0.15, 0.2) is 45.9 Å². The number of benzene rings is 1. The summed E-state index contributed by atoms with van der Waals surface area (Å²) < 4.78 is 51.2. The lowest BCUT2D eigenvalue weighted by atomic mass is 10.2. The predicted molar refractivity (Wildman–Crippen MR) is 77.5 cm³/mol. The third kappa shape index (κ3) is 4.79. The lowest BCUT2D eigenvalue weighted by Crippen LogP contribution is -2.08. The third-order valence-electron chi connectivity index (χ3n) is 2.80. The number of carbonyl (C=O) groups is 2. The Morgan fingerprint density at radius 1 is 1.12 bits per heavy atom. The molecule has 1 aromatic heterocycles. The quantitative estimate of drug-likeness (QED) is 0.592. The maximum Gasteiger partial charge on any atom is 0.446 e. The number of hydrogen-bond donors (Lipinski definition) is 0. The van der Waals surface area contributed by atoms with Gasteiger partial charge in [0.25, 0.3) is 0 Å². The standard InChI is InChI=1S/C15H11F3O5S/c1-21-14(20)12-10(6-7-22-12)8-23-13(19)9-2-4-11(5-3-9)24-15(16,17)18/h2-7H,8H2,1H3. The minimum absolute atomic E-state index is 0.0399. The number of methoxy groups -OCH3 is 1. The molecule has 0 saturated heterocycles. The van der Waals surface area contributed by atoms with Gasteiger partial charge in [0.1, 0.15) is 6.61 Å². The van der Waals surface area contributed by atoms with Crippen LogP contribution in [0.4, 0.5) is 13.2 Å². The van der Waals surface area contributed by atoms with E-state index in [2.05, 4.69) is 4.74 Å². The highest BCUT2D eigenvalue weighted by Gasteiger charge is 2.29. The summed E-state index contributed by atoms with van der Waals surface area (Å²) in [6.45, 7) is -0.237. The summed E-state index contributed by atoms with van der Waals surface area (Å²) in [6.07, 6.45) is 1.25. The molecule has 0 N–H and O–H groups in total. The minimum Gasteiger partial charge on any atom is -0.463 e. The Kier molecular flexibility index (Phi) is 5.55. The van der Waals surface area contributed by atoms with E-state index in [-0.39, 0.29) is 34.6 Å². The average Bonchev–Trinajstić information content (AvgIpc) is 2.99. The Morgan fingerprint density at radius 3 is 2.38 bits per heavy atom. The molecule has 2 rings (SSSR count). The Morgan fingerprint density at radius 2 is 1.79 bits per heavy atom. The molecular formula is C15H11F3O5S. The zero-order valence-corrected chi connectivity index (χ0v) is 13.1. The van der Waals surface area contributed by atoms with Gasteiger partial charge in [0.15, 0.2) is 0 Å². The number of rotatable bonds is 5. The maximum absolute atomic E-state index is 12.2. The van der Waals surface area contributed by atoms with Crippen LogP contribution < -0.4 is 0 Å². The Hall–Kier alpha value is -2.42. The molecule has 0 fully saturated rings. The molecule has 0 bridgehead atoms. The van der Waals surface area contributed by atoms with E-state index in [0.717, 1.165) is 0 Å². The molecule has 5 nitrogen and oxygen atoms in total. The van der Waals surface area contributed by atoms with Gasteiger partial charge < -0.3 is 13.9 Å². The molecule has 1 aromatic carbocycles. The second-order valence-electron chi connectivity index (χ2n) is 4.41. The van der Waals surface area contributed by atoms with Crippen LogP contribution in [0.5, 0.6) is 0 Å². The van der Waals surface area contributed by atoms with Crippen LogP contribution in [0.25, 0.3) is 0 Å². The fraction of sp³-hybridized carbons (Fsp3) is 0.200. The van der Waals surface area contributed by atoms with E-state index in [9.17, 15) is 22.8 Å². The van der Waals surface area contributed by atoms with Crippen molar-refractivity contribution in [3.63, 3.8) is 0 Å². The molecule has 1 heterocycles. The molecule has 0 unspecified atom stereocenters. The van der Waals surface area contributed by atoms with Crippen LogP contribution in [-0.2, 0) is 16.1 Å². The van der Waals surface area contributed by atoms with Gasteiger partial charge in [-0.15, -0.1) is 0 Å². The number of alkyl halides is 3. The number of esters is 2. The van der Waals surface area contributed by atoms with Gasteiger partial charge in [0, 0.05) is 10.5 Å². The van der Waals surface area contributed by atoms with E-state index in [4.69, 9.17) is 9.15 Å². The van der Waals surface area contributed by atoms with Crippen LogP contribution in [0, 0.1) is 0 Å². The summed E-state index contributed by atoms with van der Waals surface area (Å²) in [4.78, 5) is 23.3. The molecule has 0 aliphatic carbocycles. The number of hydrogen-bond acceptors (Lipinski definition) is 6. The van der Waals surface area contributed by atoms with Gasteiger partial charge in [-0.05, 0) is 42.1 Å². The highest BCUT2D eigenvalue weighted by atomic mass is 32.2. The monoisotopic (exact) mass is 360 g/mol. The SMILES string of the molecule is COC(=O)c1occc1COC(=O)c1ccc(SC(F)(F)F)cc1. The first-order valence-electron chi connectivity index (χ1n) is 6.48. The van der Waals surface area contributed by atoms with Gasteiger partial charge in [-0.25, -0.2) is 9.59 Å². The molecule has 0 aliphatic rings. The van der Waals surface area contributed by atoms with Crippen LogP contribution in [0.1, 0.15) is 26.5 Å². The number of furan rings is 1. The highest BCUT2D eigenvalue weighted by molar-refractivity contribution is 8.00. The van der Waals surface area contributed by atoms with E-state index in [1.165, 1.54) is 43.7 Å². The lowest BCUT2D eigenvalue weighted by Gasteiger charge is -2.07. The van der Waals surface area contributed by atoms with Crippen molar-refractivity contribution in [3.8, 4) is 0 Å². The van der Waals surface area contributed by atoms with Crippen molar-refractivity contribution in [1.29, 1.82) is 0 Å². The van der Waals surface area contributed by atoms with Gasteiger partial charge in [0.2, 0.25) is 5.76 Å². The molecule has 24 heavy (non-hydrogen) atoms. The smallest absolute Gasteiger partial charge is 0.446 e. The first-order valence-corrected chi connectivity index (χ1v) is 7.29. The van der Waals surface area contributed by atoms with Gasteiger partial charge in [0.05, 0.1) is 18.9 Å². The maximum atomic E-state index is 12.2. The zero-order chi connectivity index (χ0) is 17.7. The zero-order valence-electron chi connectivity index (χ0n) is 12.3. The molecular weight excluding hydrogens is 349 g/mol. The topological polar surface area (TPSA) is 65.7 Å². The summed E-state index contributed by atoms with van der Waals surface area (Å²) in [6, 6.07) is 6.25. The Bertz CT molecular complexity index is 721. The molecule has 0 amide bonds. The van der Waals surface area contributed by atoms with Crippen LogP contribution in [0.2, 0.25) is 0 Å². The van der Waals surface area contributed by atoms with Crippen molar-refractivity contribution in [2.24, 2.45) is 0 Å². The molecule has 2 aromatic rings. The number of ether oxygens (including phenoxy) is 2. The van der Waals surface area contributed by atoms with E-state index in [1.54, 1.807) is 0 Å². The molecule has 0 saturated carbocycles. The van der Waals surface area contributed by atoms with Crippen LogP contribution >= 0.6 is 11.8 Å². The average molecular weight is 360 g/mol. The Balaban J connectivity index is 1.98. The molecule has 0 spiro atoms. The van der Waals surface area contributed by atoms with Gasteiger partial charge in [-0.2, -0.15) is 13.2 Å². The molecule has 0 aliphatic heterocycles. The second kappa shape index (κ2) is 7.43. The summed E-state index contributed by atoms with van der Waals surface area (Å²) in [7, 11) is 1.18. The minimum atomic E-state index is -4.40. The second-order valence-corrected chi connectivity index (χ2v) is 5.55. The van der Waals surface area contributed by atoms with Crippen LogP contribution in [0.3, 0.4) is 0 Å². The molecule has 9 heteroatoms. The van der Waals surface area contributed by atoms with Gasteiger partial charge in [-0.3, -0.25) is 0 Å². The summed E-state index contributed by atoms with van der Waals surface area (Å²) in [5.41, 5.74) is -3.99. The lowest BCUT2D eigenvalue weighted by molar-refractivity contribution is -0.0328.